The van der Waals surface area contributed by atoms with Crippen LogP contribution in [0.2, 0.25) is 0 Å². The summed E-state index contributed by atoms with van der Waals surface area (Å²) < 4.78 is 11.7. The Bertz CT molecular complexity index is 1340. The summed E-state index contributed by atoms with van der Waals surface area (Å²) in [6.07, 6.45) is 1.47. The third kappa shape index (κ3) is 4.77. The molecule has 0 radical (unpaired) electrons. The number of anilines is 1. The molecule has 6 nitrogen and oxygen atoms in total. The molecule has 0 saturated carbocycles. The molecule has 1 saturated heterocycles. The molecule has 3 aromatic carbocycles. The van der Waals surface area contributed by atoms with E-state index >= 15 is 0 Å². The second-order valence-electron chi connectivity index (χ2n) is 8.70. The summed E-state index contributed by atoms with van der Waals surface area (Å²) >= 11 is 0. The minimum Gasteiger partial charge on any atom is -0.508 e. The number of nitrogens with zero attached hydrogens (tertiary/aromatic N) is 2. The SMILES string of the molecule is Cc1cccc(N2CCN(CCOc3ccc4c(=O)c(-c5ccc(O)cc5)coc4c3)CC2)c1. The Hall–Kier alpha value is -3.77. The first-order valence-electron chi connectivity index (χ1n) is 11.6. The molecule has 174 valence electrons. The normalized spacial score (nSPS) is 14.4. The summed E-state index contributed by atoms with van der Waals surface area (Å²) in [7, 11) is 0. The summed E-state index contributed by atoms with van der Waals surface area (Å²) in [6.45, 7) is 7.58. The molecule has 1 fully saturated rings. The van der Waals surface area contributed by atoms with Crippen molar-refractivity contribution in [3.8, 4) is 22.6 Å². The maximum absolute atomic E-state index is 12.9. The highest BCUT2D eigenvalue weighted by Crippen LogP contribution is 2.24. The van der Waals surface area contributed by atoms with Crippen molar-refractivity contribution in [2.45, 2.75) is 6.92 Å². The monoisotopic (exact) mass is 456 g/mol. The predicted molar refractivity (Wildman–Crippen MR) is 135 cm³/mol. The zero-order valence-electron chi connectivity index (χ0n) is 19.2. The van der Waals surface area contributed by atoms with Crippen molar-refractivity contribution in [3.63, 3.8) is 0 Å². The Morgan fingerprint density at radius 2 is 1.76 bits per heavy atom. The first-order chi connectivity index (χ1) is 16.6. The fourth-order valence-electron chi connectivity index (χ4n) is 4.39. The van der Waals surface area contributed by atoms with Gasteiger partial charge in [-0.2, -0.15) is 0 Å². The van der Waals surface area contributed by atoms with Gasteiger partial charge in [0, 0.05) is 44.5 Å². The van der Waals surface area contributed by atoms with Gasteiger partial charge in [0.05, 0.1) is 10.9 Å². The van der Waals surface area contributed by atoms with Crippen LogP contribution >= 0.6 is 0 Å². The number of rotatable bonds is 6. The van der Waals surface area contributed by atoms with Gasteiger partial charge >= 0.3 is 0 Å². The Morgan fingerprint density at radius 1 is 0.971 bits per heavy atom. The van der Waals surface area contributed by atoms with Crippen LogP contribution in [0.4, 0.5) is 5.69 Å². The first-order valence-corrected chi connectivity index (χ1v) is 11.6. The molecule has 0 spiro atoms. The van der Waals surface area contributed by atoms with E-state index in [0.29, 0.717) is 34.5 Å². The molecular weight excluding hydrogens is 428 g/mol. The second-order valence-corrected chi connectivity index (χ2v) is 8.70. The number of piperazine rings is 1. The van der Waals surface area contributed by atoms with Crippen LogP contribution in [0.3, 0.4) is 0 Å². The lowest BCUT2D eigenvalue weighted by molar-refractivity contribution is 0.200. The third-order valence-electron chi connectivity index (χ3n) is 6.34. The van der Waals surface area contributed by atoms with Crippen LogP contribution in [-0.4, -0.2) is 49.3 Å². The fraction of sp³-hybridized carbons (Fsp3) is 0.250. The lowest BCUT2D eigenvalue weighted by Crippen LogP contribution is -2.47. The number of phenolic OH excluding ortho intramolecular Hbond substituents is 1. The van der Waals surface area contributed by atoms with Gasteiger partial charge in [-0.3, -0.25) is 9.69 Å². The van der Waals surface area contributed by atoms with Gasteiger partial charge in [-0.25, -0.2) is 0 Å². The van der Waals surface area contributed by atoms with Crippen LogP contribution in [0.25, 0.3) is 22.1 Å². The van der Waals surface area contributed by atoms with Gasteiger partial charge in [-0.05, 0) is 54.4 Å². The van der Waals surface area contributed by atoms with Crippen LogP contribution in [0.1, 0.15) is 5.56 Å². The van der Waals surface area contributed by atoms with Crippen LogP contribution in [0.15, 0.2) is 82.2 Å². The molecule has 0 unspecified atom stereocenters. The highest BCUT2D eigenvalue weighted by Gasteiger charge is 2.17. The molecule has 4 aromatic rings. The third-order valence-corrected chi connectivity index (χ3v) is 6.34. The van der Waals surface area contributed by atoms with E-state index in [1.165, 1.54) is 17.5 Å². The molecule has 0 amide bonds. The lowest BCUT2D eigenvalue weighted by atomic mass is 10.1. The molecule has 0 atom stereocenters. The average Bonchev–Trinajstić information content (AvgIpc) is 2.85. The molecule has 1 N–H and O–H groups in total. The first kappa shape index (κ1) is 22.0. The number of phenols is 1. The second kappa shape index (κ2) is 9.61. The van der Waals surface area contributed by atoms with Gasteiger partial charge in [0.25, 0.3) is 0 Å². The average molecular weight is 457 g/mol. The van der Waals surface area contributed by atoms with E-state index in [4.69, 9.17) is 9.15 Å². The molecule has 5 rings (SSSR count). The van der Waals surface area contributed by atoms with Crippen molar-refractivity contribution in [3.05, 3.63) is 88.8 Å². The van der Waals surface area contributed by atoms with Gasteiger partial charge in [-0.1, -0.05) is 24.3 Å². The van der Waals surface area contributed by atoms with Crippen molar-refractivity contribution in [1.82, 2.24) is 4.90 Å². The topological polar surface area (TPSA) is 66.2 Å². The molecule has 1 aliphatic heterocycles. The summed E-state index contributed by atoms with van der Waals surface area (Å²) in [5.41, 5.74) is 4.14. The van der Waals surface area contributed by atoms with E-state index in [0.717, 1.165) is 32.7 Å². The number of benzene rings is 3. The van der Waals surface area contributed by atoms with E-state index in [2.05, 4.69) is 41.0 Å². The quantitative estimate of drug-likeness (QED) is 0.455. The van der Waals surface area contributed by atoms with Crippen molar-refractivity contribution in [1.29, 1.82) is 0 Å². The summed E-state index contributed by atoms with van der Waals surface area (Å²) in [4.78, 5) is 17.8. The largest absolute Gasteiger partial charge is 0.508 e. The summed E-state index contributed by atoms with van der Waals surface area (Å²) in [5, 5.41) is 9.98. The molecule has 1 aromatic heterocycles. The Kier molecular flexibility index (Phi) is 6.23. The van der Waals surface area contributed by atoms with Crippen molar-refractivity contribution in [2.24, 2.45) is 0 Å². The zero-order chi connectivity index (χ0) is 23.5. The smallest absolute Gasteiger partial charge is 0.200 e. The van der Waals surface area contributed by atoms with Gasteiger partial charge in [0.1, 0.15) is 30.0 Å². The maximum atomic E-state index is 12.9. The van der Waals surface area contributed by atoms with E-state index in [1.807, 2.05) is 6.07 Å². The maximum Gasteiger partial charge on any atom is 0.200 e. The minimum absolute atomic E-state index is 0.107. The highest BCUT2D eigenvalue weighted by atomic mass is 16.5. The number of aryl methyl sites for hydroxylation is 1. The standard InChI is InChI=1S/C28H28N2O4/c1-20-3-2-4-22(17-20)30-13-11-29(12-14-30)15-16-33-24-9-10-25-27(18-24)34-19-26(28(25)32)21-5-7-23(31)8-6-21/h2-10,17-19,31H,11-16H2,1H3. The molecular formula is C28H28N2O4. The number of ether oxygens (including phenoxy) is 1. The van der Waals surface area contributed by atoms with Gasteiger partial charge < -0.3 is 19.2 Å². The number of aromatic hydroxyl groups is 1. The van der Waals surface area contributed by atoms with Crippen LogP contribution in [0.5, 0.6) is 11.5 Å². The Balaban J connectivity index is 1.18. The molecule has 0 bridgehead atoms. The number of fused-ring (bicyclic) bond motifs is 1. The van der Waals surface area contributed by atoms with Crippen LogP contribution in [0, 0.1) is 6.92 Å². The van der Waals surface area contributed by atoms with Crippen molar-refractivity contribution < 1.29 is 14.3 Å². The summed E-state index contributed by atoms with van der Waals surface area (Å²) in [6, 6.07) is 20.5. The van der Waals surface area contributed by atoms with E-state index < -0.39 is 0 Å². The highest BCUT2D eigenvalue weighted by molar-refractivity contribution is 5.82. The molecule has 34 heavy (non-hydrogen) atoms. The van der Waals surface area contributed by atoms with Gasteiger partial charge in [-0.15, -0.1) is 0 Å². The molecule has 2 heterocycles. The van der Waals surface area contributed by atoms with Crippen LogP contribution in [-0.2, 0) is 0 Å². The Morgan fingerprint density at radius 3 is 2.53 bits per heavy atom. The molecule has 0 aliphatic carbocycles. The van der Waals surface area contributed by atoms with Crippen LogP contribution < -0.4 is 15.1 Å². The molecule has 6 heteroatoms. The van der Waals surface area contributed by atoms with E-state index in [-0.39, 0.29) is 11.2 Å². The summed E-state index contributed by atoms with van der Waals surface area (Å²) in [5.74, 6) is 0.843. The van der Waals surface area contributed by atoms with Gasteiger partial charge in [0.15, 0.2) is 5.43 Å². The van der Waals surface area contributed by atoms with Crippen molar-refractivity contribution in [2.75, 3.05) is 44.2 Å². The van der Waals surface area contributed by atoms with E-state index in [1.54, 1.807) is 36.4 Å². The minimum atomic E-state index is -0.107. The lowest BCUT2D eigenvalue weighted by Gasteiger charge is -2.36. The molecule has 1 aliphatic rings. The van der Waals surface area contributed by atoms with Gasteiger partial charge in [0.2, 0.25) is 0 Å². The fourth-order valence-corrected chi connectivity index (χ4v) is 4.39. The van der Waals surface area contributed by atoms with Crippen molar-refractivity contribution >= 4 is 16.7 Å². The number of hydrogen-bond acceptors (Lipinski definition) is 6. The number of hydrogen-bond donors (Lipinski definition) is 1. The zero-order valence-corrected chi connectivity index (χ0v) is 19.2. The predicted octanol–water partition coefficient (Wildman–Crippen LogP) is 4.68. The Labute approximate surface area is 198 Å². The van der Waals surface area contributed by atoms with E-state index in [9.17, 15) is 9.90 Å².